The van der Waals surface area contributed by atoms with E-state index in [0.717, 1.165) is 67.9 Å². The van der Waals surface area contributed by atoms with Crippen LogP contribution in [0.25, 0.3) is 0 Å². The summed E-state index contributed by atoms with van der Waals surface area (Å²) in [6.07, 6.45) is 5.54. The Morgan fingerprint density at radius 2 is 2.00 bits per heavy atom. The minimum absolute atomic E-state index is 0.0109. The van der Waals surface area contributed by atoms with E-state index in [1.807, 2.05) is 12.1 Å². The standard InChI is InChI=1S/C24H24ClF2N5OS/c25-19-3-1-2-15-4-7-32(14-18(15)19)17-5-8-31(9-6-17)24-30-13-22(34-24)23(33)29-12-21-20(27)10-16(26)11-28-21/h1-3,10-11,13,17H,4-9,12,14H2,(H,29,33). The molecule has 2 aromatic heterocycles. The summed E-state index contributed by atoms with van der Waals surface area (Å²) in [4.78, 5) is 25.8. The van der Waals surface area contributed by atoms with Crippen molar-refractivity contribution < 1.29 is 13.6 Å². The number of nitrogens with one attached hydrogen (secondary N) is 1. The van der Waals surface area contributed by atoms with Crippen molar-refractivity contribution in [2.45, 2.75) is 38.4 Å². The zero-order chi connectivity index (χ0) is 23.7. The summed E-state index contributed by atoms with van der Waals surface area (Å²) in [5, 5.41) is 4.29. The normalized spacial score (nSPS) is 17.0. The Kier molecular flexibility index (Phi) is 6.76. The lowest BCUT2D eigenvalue weighted by atomic mass is 9.95. The third kappa shape index (κ3) is 4.92. The van der Waals surface area contributed by atoms with Gasteiger partial charge in [0.2, 0.25) is 0 Å². The third-order valence-corrected chi connectivity index (χ3v) is 7.93. The number of thiazole rings is 1. The Balaban J connectivity index is 1.15. The maximum Gasteiger partial charge on any atom is 0.263 e. The second-order valence-electron chi connectivity index (χ2n) is 8.59. The molecular weight excluding hydrogens is 480 g/mol. The van der Waals surface area contributed by atoms with Crippen LogP contribution in [0.3, 0.4) is 0 Å². The first-order valence-corrected chi connectivity index (χ1v) is 12.5. The van der Waals surface area contributed by atoms with Crippen LogP contribution in [0.15, 0.2) is 36.7 Å². The summed E-state index contributed by atoms with van der Waals surface area (Å²) in [7, 11) is 0. The van der Waals surface area contributed by atoms with Crippen molar-refractivity contribution in [3.8, 4) is 0 Å². The second kappa shape index (κ2) is 9.93. The van der Waals surface area contributed by atoms with Gasteiger partial charge >= 0.3 is 0 Å². The molecule has 2 aliphatic rings. The van der Waals surface area contributed by atoms with Crippen molar-refractivity contribution in [3.63, 3.8) is 0 Å². The van der Waals surface area contributed by atoms with Gasteiger partial charge in [-0.15, -0.1) is 0 Å². The van der Waals surface area contributed by atoms with Gasteiger partial charge in [0.25, 0.3) is 5.91 Å². The third-order valence-electron chi connectivity index (χ3n) is 6.51. The van der Waals surface area contributed by atoms with E-state index in [4.69, 9.17) is 11.6 Å². The molecule has 0 saturated carbocycles. The summed E-state index contributed by atoms with van der Waals surface area (Å²) in [5.74, 6) is -1.89. The molecule has 34 heavy (non-hydrogen) atoms. The van der Waals surface area contributed by atoms with Crippen LogP contribution < -0.4 is 10.2 Å². The van der Waals surface area contributed by atoms with Gasteiger partial charge in [0, 0.05) is 43.3 Å². The Morgan fingerprint density at radius 1 is 1.18 bits per heavy atom. The first kappa shape index (κ1) is 23.1. The number of amides is 1. The highest BCUT2D eigenvalue weighted by Gasteiger charge is 2.29. The number of hydrogen-bond donors (Lipinski definition) is 1. The molecule has 1 N–H and O–H groups in total. The van der Waals surface area contributed by atoms with Crippen molar-refractivity contribution in [1.82, 2.24) is 20.2 Å². The van der Waals surface area contributed by atoms with E-state index in [2.05, 4.69) is 31.2 Å². The average Bonchev–Trinajstić information content (AvgIpc) is 3.34. The van der Waals surface area contributed by atoms with Crippen molar-refractivity contribution in [3.05, 3.63) is 75.0 Å². The molecule has 0 spiro atoms. The van der Waals surface area contributed by atoms with Gasteiger partial charge in [-0.05, 0) is 36.5 Å². The fourth-order valence-electron chi connectivity index (χ4n) is 4.63. The van der Waals surface area contributed by atoms with Gasteiger partial charge in [0.15, 0.2) is 5.13 Å². The summed E-state index contributed by atoms with van der Waals surface area (Å²) < 4.78 is 26.7. The fourth-order valence-corrected chi connectivity index (χ4v) is 5.77. The molecule has 5 rings (SSSR count). The maximum atomic E-state index is 13.7. The lowest BCUT2D eigenvalue weighted by molar-refractivity contribution is 0.0954. The van der Waals surface area contributed by atoms with Crippen LogP contribution >= 0.6 is 22.9 Å². The zero-order valence-corrected chi connectivity index (χ0v) is 20.0. The fraction of sp³-hybridized carbons (Fsp3) is 0.375. The molecule has 4 heterocycles. The second-order valence-corrected chi connectivity index (χ2v) is 10.0. The molecule has 0 aliphatic carbocycles. The number of carbonyl (C=O) groups is 1. The summed E-state index contributed by atoms with van der Waals surface area (Å²) in [6.45, 7) is 3.56. The molecule has 1 aromatic carbocycles. The van der Waals surface area contributed by atoms with Crippen LogP contribution in [0, 0.1) is 11.6 Å². The van der Waals surface area contributed by atoms with E-state index in [9.17, 15) is 13.6 Å². The minimum Gasteiger partial charge on any atom is -0.348 e. The smallest absolute Gasteiger partial charge is 0.263 e. The van der Waals surface area contributed by atoms with Gasteiger partial charge in [-0.25, -0.2) is 13.8 Å². The zero-order valence-electron chi connectivity index (χ0n) is 18.4. The lowest BCUT2D eigenvalue weighted by Crippen LogP contribution is -2.46. The number of anilines is 1. The topological polar surface area (TPSA) is 61.4 Å². The number of fused-ring (bicyclic) bond motifs is 1. The Morgan fingerprint density at radius 3 is 2.79 bits per heavy atom. The SMILES string of the molecule is O=C(NCc1ncc(F)cc1F)c1cnc(N2CCC(N3CCc4cccc(Cl)c4C3)CC2)s1. The molecule has 0 bridgehead atoms. The Hall–Kier alpha value is -2.62. The first-order chi connectivity index (χ1) is 16.5. The first-order valence-electron chi connectivity index (χ1n) is 11.3. The van der Waals surface area contributed by atoms with E-state index in [1.54, 1.807) is 6.20 Å². The number of halogens is 3. The number of nitrogens with zero attached hydrogens (tertiary/aromatic N) is 4. The van der Waals surface area contributed by atoms with Crippen LogP contribution in [-0.2, 0) is 19.5 Å². The molecule has 1 fully saturated rings. The molecule has 178 valence electrons. The number of hydrogen-bond acceptors (Lipinski definition) is 6. The van der Waals surface area contributed by atoms with Crippen molar-refractivity contribution in [1.29, 1.82) is 0 Å². The van der Waals surface area contributed by atoms with E-state index in [1.165, 1.54) is 22.5 Å². The summed E-state index contributed by atoms with van der Waals surface area (Å²) in [5.41, 5.74) is 2.60. The van der Waals surface area contributed by atoms with E-state index in [-0.39, 0.29) is 18.1 Å². The maximum absolute atomic E-state index is 13.7. The predicted octanol–water partition coefficient (Wildman–Crippen LogP) is 4.43. The number of piperidine rings is 1. The molecule has 2 aliphatic heterocycles. The molecule has 0 radical (unpaired) electrons. The minimum atomic E-state index is -0.785. The van der Waals surface area contributed by atoms with Crippen LogP contribution in [0.1, 0.15) is 39.3 Å². The van der Waals surface area contributed by atoms with E-state index < -0.39 is 11.6 Å². The summed E-state index contributed by atoms with van der Waals surface area (Å²) in [6, 6.07) is 7.41. The molecule has 0 unspecified atom stereocenters. The molecule has 0 atom stereocenters. The van der Waals surface area contributed by atoms with Crippen molar-refractivity contribution in [2.24, 2.45) is 0 Å². The monoisotopic (exact) mass is 503 g/mol. The number of rotatable bonds is 5. The quantitative estimate of drug-likeness (QED) is 0.558. The molecular formula is C24H24ClF2N5OS. The van der Waals surface area contributed by atoms with Crippen LogP contribution in [0.4, 0.5) is 13.9 Å². The largest absolute Gasteiger partial charge is 0.348 e. The van der Waals surface area contributed by atoms with Crippen LogP contribution in [0.5, 0.6) is 0 Å². The number of aromatic nitrogens is 2. The average molecular weight is 504 g/mol. The number of carbonyl (C=O) groups excluding carboxylic acids is 1. The lowest BCUT2D eigenvalue weighted by Gasteiger charge is -2.40. The van der Waals surface area contributed by atoms with Crippen LogP contribution in [-0.4, -0.2) is 46.5 Å². The van der Waals surface area contributed by atoms with Gasteiger partial charge in [-0.2, -0.15) is 0 Å². The van der Waals surface area contributed by atoms with E-state index >= 15 is 0 Å². The highest BCUT2D eigenvalue weighted by Crippen LogP contribution is 2.31. The Labute approximate surface area is 205 Å². The van der Waals surface area contributed by atoms with Crippen molar-refractivity contribution in [2.75, 3.05) is 24.5 Å². The van der Waals surface area contributed by atoms with Crippen molar-refractivity contribution >= 4 is 34.0 Å². The summed E-state index contributed by atoms with van der Waals surface area (Å²) >= 11 is 7.75. The molecule has 1 saturated heterocycles. The number of benzene rings is 1. The molecule has 3 aromatic rings. The van der Waals surface area contributed by atoms with Gasteiger partial charge in [0.05, 0.1) is 24.6 Å². The van der Waals surface area contributed by atoms with Gasteiger partial charge in [-0.3, -0.25) is 14.7 Å². The Bertz CT molecular complexity index is 1200. The van der Waals surface area contributed by atoms with Gasteiger partial charge in [-0.1, -0.05) is 35.1 Å². The predicted molar refractivity (Wildman–Crippen MR) is 128 cm³/mol. The highest BCUT2D eigenvalue weighted by molar-refractivity contribution is 7.17. The molecule has 6 nitrogen and oxygen atoms in total. The van der Waals surface area contributed by atoms with Crippen LogP contribution in [0.2, 0.25) is 5.02 Å². The molecule has 1 amide bonds. The molecule has 10 heteroatoms. The van der Waals surface area contributed by atoms with Gasteiger partial charge in [0.1, 0.15) is 16.5 Å². The number of pyridine rings is 1. The van der Waals surface area contributed by atoms with E-state index in [0.29, 0.717) is 10.9 Å². The van der Waals surface area contributed by atoms with Gasteiger partial charge < -0.3 is 10.2 Å². The highest BCUT2D eigenvalue weighted by atomic mass is 35.5.